The van der Waals surface area contributed by atoms with Crippen molar-refractivity contribution < 1.29 is 34.1 Å². The zero-order chi connectivity index (χ0) is 30.4. The highest BCUT2D eigenvalue weighted by Gasteiger charge is 2.43. The van der Waals surface area contributed by atoms with Crippen molar-refractivity contribution in [3.8, 4) is 11.5 Å². The maximum atomic E-state index is 13.5. The number of ketones is 2. The zero-order valence-electron chi connectivity index (χ0n) is 25.7. The van der Waals surface area contributed by atoms with E-state index in [0.717, 1.165) is 19.3 Å². The standard InChI is InChI=1S/C34H48O7/c1-7-8-9-10-11-12-13-14-29(39)41-27-16-15-22(17-28(27)40-6)30(31-23(35)18-33(2,3)19-24(31)36)32-25(37)20-34(4,5)21-26(32)38/h15-17,30,35,37H,7-14,18-21H2,1-6H3. The average Bonchev–Trinajstić information content (AvgIpc) is 2.85. The first kappa shape index (κ1) is 32.4. The lowest BCUT2D eigenvalue weighted by Gasteiger charge is -2.36. The minimum atomic E-state index is -0.964. The van der Waals surface area contributed by atoms with E-state index < -0.39 is 16.7 Å². The van der Waals surface area contributed by atoms with Crippen LogP contribution in [0.25, 0.3) is 0 Å². The summed E-state index contributed by atoms with van der Waals surface area (Å²) in [6.07, 6.45) is 8.96. The number of carbonyl (C=O) groups is 3. The van der Waals surface area contributed by atoms with Gasteiger partial charge < -0.3 is 19.7 Å². The number of allylic oxidation sites excluding steroid dienone is 4. The van der Waals surface area contributed by atoms with Gasteiger partial charge in [-0.05, 0) is 34.9 Å². The monoisotopic (exact) mass is 568 g/mol. The quantitative estimate of drug-likeness (QED) is 0.140. The Labute approximate surface area is 245 Å². The van der Waals surface area contributed by atoms with E-state index in [1.807, 2.05) is 27.7 Å². The van der Waals surface area contributed by atoms with E-state index in [2.05, 4.69) is 6.92 Å². The van der Waals surface area contributed by atoms with Crippen LogP contribution in [0.4, 0.5) is 0 Å². The van der Waals surface area contributed by atoms with E-state index in [1.54, 1.807) is 18.2 Å². The highest BCUT2D eigenvalue weighted by Crippen LogP contribution is 2.48. The maximum Gasteiger partial charge on any atom is 0.311 e. The Balaban J connectivity index is 1.91. The van der Waals surface area contributed by atoms with Crippen LogP contribution in [0.1, 0.15) is 123 Å². The molecule has 0 fully saturated rings. The van der Waals surface area contributed by atoms with Crippen molar-refractivity contribution in [3.63, 3.8) is 0 Å². The number of aliphatic hydroxyl groups is 2. The largest absolute Gasteiger partial charge is 0.512 e. The fourth-order valence-corrected chi connectivity index (χ4v) is 6.08. The van der Waals surface area contributed by atoms with Gasteiger partial charge in [0, 0.05) is 49.2 Å². The van der Waals surface area contributed by atoms with Crippen LogP contribution in [0.3, 0.4) is 0 Å². The summed E-state index contributed by atoms with van der Waals surface area (Å²) >= 11 is 0. The van der Waals surface area contributed by atoms with E-state index in [0.29, 0.717) is 12.0 Å². The lowest BCUT2D eigenvalue weighted by atomic mass is 9.67. The van der Waals surface area contributed by atoms with Gasteiger partial charge in [-0.2, -0.15) is 0 Å². The van der Waals surface area contributed by atoms with Crippen LogP contribution in [-0.4, -0.2) is 34.9 Å². The molecule has 1 aromatic carbocycles. The van der Waals surface area contributed by atoms with Crippen molar-refractivity contribution in [1.82, 2.24) is 0 Å². The Hall–Kier alpha value is -3.09. The van der Waals surface area contributed by atoms with Gasteiger partial charge in [0.1, 0.15) is 11.5 Å². The van der Waals surface area contributed by atoms with E-state index >= 15 is 0 Å². The van der Waals surface area contributed by atoms with E-state index in [4.69, 9.17) is 9.47 Å². The normalized spacial score (nSPS) is 18.7. The molecule has 0 radical (unpaired) electrons. The lowest BCUT2D eigenvalue weighted by molar-refractivity contribution is -0.134. The number of methoxy groups -OCH3 is 1. The smallest absolute Gasteiger partial charge is 0.311 e. The van der Waals surface area contributed by atoms with Crippen LogP contribution in [0.15, 0.2) is 40.9 Å². The molecule has 7 heteroatoms. The first-order valence-corrected chi connectivity index (χ1v) is 15.1. The minimum Gasteiger partial charge on any atom is -0.512 e. The Morgan fingerprint density at radius 2 is 1.32 bits per heavy atom. The first-order chi connectivity index (χ1) is 19.3. The second-order valence-corrected chi connectivity index (χ2v) is 13.3. The molecular formula is C34H48O7. The van der Waals surface area contributed by atoms with Gasteiger partial charge in [0.05, 0.1) is 7.11 Å². The average molecular weight is 569 g/mol. The molecule has 3 rings (SSSR count). The molecule has 0 bridgehead atoms. The number of esters is 1. The van der Waals surface area contributed by atoms with Gasteiger partial charge in [0.25, 0.3) is 0 Å². The van der Waals surface area contributed by atoms with Gasteiger partial charge in [-0.3, -0.25) is 14.4 Å². The molecule has 1 aromatic rings. The highest BCUT2D eigenvalue weighted by atomic mass is 16.6. The molecule has 226 valence electrons. The molecule has 0 aromatic heterocycles. The van der Waals surface area contributed by atoms with Crippen molar-refractivity contribution in [3.05, 3.63) is 46.4 Å². The third kappa shape index (κ3) is 8.46. The number of ether oxygens (including phenoxy) is 2. The SMILES string of the molecule is CCCCCCCCCC(=O)Oc1ccc(C(C2=C(O)CC(C)(C)CC2=O)C2=C(O)CC(C)(C)CC2=O)cc1OC. The molecule has 2 aliphatic rings. The summed E-state index contributed by atoms with van der Waals surface area (Å²) in [4.78, 5) is 39.5. The minimum absolute atomic E-state index is 0.0710. The van der Waals surface area contributed by atoms with Crippen LogP contribution in [0.5, 0.6) is 11.5 Å². The van der Waals surface area contributed by atoms with Gasteiger partial charge in [-0.15, -0.1) is 0 Å². The summed E-state index contributed by atoms with van der Waals surface area (Å²) in [5, 5.41) is 22.2. The highest BCUT2D eigenvalue weighted by molar-refractivity contribution is 6.05. The molecule has 0 unspecified atom stereocenters. The predicted octanol–water partition coefficient (Wildman–Crippen LogP) is 8.23. The molecule has 0 spiro atoms. The van der Waals surface area contributed by atoms with Crippen LogP contribution in [-0.2, 0) is 14.4 Å². The van der Waals surface area contributed by atoms with Crippen molar-refractivity contribution in [2.45, 2.75) is 118 Å². The third-order valence-corrected chi connectivity index (χ3v) is 8.10. The summed E-state index contributed by atoms with van der Waals surface area (Å²) in [6, 6.07) is 4.89. The Bertz CT molecular complexity index is 1150. The lowest BCUT2D eigenvalue weighted by Crippen LogP contribution is -2.33. The van der Waals surface area contributed by atoms with Crippen molar-refractivity contribution in [1.29, 1.82) is 0 Å². The summed E-state index contributed by atoms with van der Waals surface area (Å²) in [5.74, 6) is -1.46. The second kappa shape index (κ2) is 13.7. The first-order valence-electron chi connectivity index (χ1n) is 15.1. The maximum absolute atomic E-state index is 13.5. The molecule has 41 heavy (non-hydrogen) atoms. The molecule has 7 nitrogen and oxygen atoms in total. The molecule has 0 saturated carbocycles. The third-order valence-electron chi connectivity index (χ3n) is 8.10. The second-order valence-electron chi connectivity index (χ2n) is 13.3. The number of aliphatic hydroxyl groups excluding tert-OH is 2. The fourth-order valence-electron chi connectivity index (χ4n) is 6.08. The number of rotatable bonds is 13. The van der Waals surface area contributed by atoms with Gasteiger partial charge in [-0.1, -0.05) is 79.2 Å². The topological polar surface area (TPSA) is 110 Å². The Morgan fingerprint density at radius 3 is 1.80 bits per heavy atom. The number of hydrogen-bond acceptors (Lipinski definition) is 7. The van der Waals surface area contributed by atoms with E-state index in [1.165, 1.54) is 32.8 Å². The molecule has 2 aliphatic carbocycles. The molecule has 0 heterocycles. The van der Waals surface area contributed by atoms with Crippen molar-refractivity contribution in [2.24, 2.45) is 10.8 Å². The Kier molecular flexibility index (Phi) is 10.8. The van der Waals surface area contributed by atoms with Gasteiger partial charge in [-0.25, -0.2) is 0 Å². The number of Topliss-reactive ketones (excluding diaryl/α,β-unsaturated/α-hetero) is 2. The van der Waals surface area contributed by atoms with Crippen LogP contribution < -0.4 is 9.47 Å². The summed E-state index contributed by atoms with van der Waals surface area (Å²) in [7, 11) is 1.46. The summed E-state index contributed by atoms with van der Waals surface area (Å²) < 4.78 is 11.2. The van der Waals surface area contributed by atoms with Crippen LogP contribution in [0.2, 0.25) is 0 Å². The van der Waals surface area contributed by atoms with Gasteiger partial charge in [0.15, 0.2) is 23.1 Å². The van der Waals surface area contributed by atoms with Gasteiger partial charge in [0.2, 0.25) is 0 Å². The molecular weight excluding hydrogens is 520 g/mol. The molecule has 0 aliphatic heterocycles. The van der Waals surface area contributed by atoms with Crippen molar-refractivity contribution >= 4 is 17.5 Å². The number of carbonyl (C=O) groups excluding carboxylic acids is 3. The molecule has 2 N–H and O–H groups in total. The number of unbranched alkanes of at least 4 members (excludes halogenated alkanes) is 6. The van der Waals surface area contributed by atoms with Gasteiger partial charge >= 0.3 is 5.97 Å². The van der Waals surface area contributed by atoms with Crippen molar-refractivity contribution in [2.75, 3.05) is 7.11 Å². The zero-order valence-corrected chi connectivity index (χ0v) is 25.7. The number of hydrogen-bond donors (Lipinski definition) is 2. The molecule has 0 atom stereocenters. The molecule has 0 amide bonds. The fraction of sp³-hybridized carbons (Fsp3) is 0.618. The summed E-state index contributed by atoms with van der Waals surface area (Å²) in [5.41, 5.74) is -0.0856. The van der Waals surface area contributed by atoms with E-state index in [-0.39, 0.29) is 77.4 Å². The summed E-state index contributed by atoms with van der Waals surface area (Å²) in [6.45, 7) is 9.84. The Morgan fingerprint density at radius 1 is 0.805 bits per heavy atom. The predicted molar refractivity (Wildman–Crippen MR) is 159 cm³/mol. The molecule has 0 saturated heterocycles. The van der Waals surface area contributed by atoms with Crippen LogP contribution >= 0.6 is 0 Å². The number of benzene rings is 1. The van der Waals surface area contributed by atoms with Crippen LogP contribution in [0, 0.1) is 10.8 Å². The van der Waals surface area contributed by atoms with E-state index in [9.17, 15) is 24.6 Å².